The average Bonchev–Trinajstić information content (AvgIpc) is 2.08. The van der Waals surface area contributed by atoms with Crippen LogP contribution >= 0.6 is 0 Å². The van der Waals surface area contributed by atoms with Crippen molar-refractivity contribution in [2.24, 2.45) is 0 Å². The Morgan fingerprint density at radius 2 is 2.22 bits per heavy atom. The summed E-state index contributed by atoms with van der Waals surface area (Å²) in [6, 6.07) is 0. The van der Waals surface area contributed by atoms with Crippen molar-refractivity contribution in [1.82, 2.24) is 11.0 Å². The molecule has 0 aromatic heterocycles. The smallest absolute Gasteiger partial charge is 0.380 e. The van der Waals surface area contributed by atoms with Gasteiger partial charge in [-0.05, 0) is 5.59 Å². The highest BCUT2D eigenvalue weighted by atomic mass is 19.4. The van der Waals surface area contributed by atoms with Gasteiger partial charge in [0.25, 0.3) is 0 Å². The maximum absolute atomic E-state index is 11.5. The van der Waals surface area contributed by atoms with Gasteiger partial charge in [0.1, 0.15) is 0 Å². The Hall–Kier alpha value is -0.910. The Bertz CT molecular complexity index is 140. The molecule has 0 spiro atoms. The second-order valence-electron chi connectivity index (χ2n) is 1.31. The molecule has 3 nitrogen and oxygen atoms in total. The van der Waals surface area contributed by atoms with E-state index in [1.165, 1.54) is 0 Å². The summed E-state index contributed by atoms with van der Waals surface area (Å²) in [4.78, 5) is 3.84. The first-order valence-corrected chi connectivity index (χ1v) is 2.00. The lowest BCUT2D eigenvalue weighted by molar-refractivity contribution is -0.137. The normalized spacial score (nSPS) is 18.3. The minimum atomic E-state index is -4.44. The van der Waals surface area contributed by atoms with Gasteiger partial charge in [-0.1, -0.05) is 0 Å². The lowest BCUT2D eigenvalue weighted by Crippen LogP contribution is -2.16. The van der Waals surface area contributed by atoms with E-state index in [2.05, 4.69) is 10.3 Å². The first kappa shape index (κ1) is 6.21. The van der Waals surface area contributed by atoms with Crippen molar-refractivity contribution in [3.05, 3.63) is 12.0 Å². The van der Waals surface area contributed by atoms with Crippen LogP contribution in [0.25, 0.3) is 0 Å². The average molecular weight is 139 g/mol. The summed E-state index contributed by atoms with van der Waals surface area (Å²) in [6.07, 6.45) is -3.87. The third-order valence-electron chi connectivity index (χ3n) is 0.669. The predicted molar refractivity (Wildman–Crippen MR) is 20.5 cm³/mol. The highest BCUT2D eigenvalue weighted by Gasteiger charge is 2.38. The first-order valence-electron chi connectivity index (χ1n) is 2.00. The third-order valence-corrected chi connectivity index (χ3v) is 0.669. The molecule has 1 aliphatic heterocycles. The molecule has 1 aliphatic rings. The van der Waals surface area contributed by atoms with Crippen LogP contribution in [-0.2, 0) is 4.84 Å². The molecule has 0 unspecified atom stereocenters. The van der Waals surface area contributed by atoms with E-state index in [0.29, 0.717) is 6.20 Å². The molecule has 9 heavy (non-hydrogen) atoms. The topological polar surface area (TPSA) is 35.4 Å². The van der Waals surface area contributed by atoms with Crippen molar-refractivity contribution >= 4 is 0 Å². The van der Waals surface area contributed by atoms with E-state index < -0.39 is 11.9 Å². The van der Waals surface area contributed by atoms with Crippen LogP contribution in [0.3, 0.4) is 0 Å². The number of nitrogens with zero attached hydrogens (tertiary/aromatic N) is 1. The highest BCUT2D eigenvalue weighted by Crippen LogP contribution is 2.26. The number of hydrogen-bond donors (Lipinski definition) is 1. The molecule has 51 valence electrons. The van der Waals surface area contributed by atoms with Crippen molar-refractivity contribution < 1.29 is 18.0 Å². The molecule has 0 aromatic rings. The van der Waals surface area contributed by atoms with Gasteiger partial charge in [0, 0.05) is 0 Å². The summed E-state index contributed by atoms with van der Waals surface area (Å²) < 4.78 is 34.4. The molecule has 1 N–H and O–H groups in total. The highest BCUT2D eigenvalue weighted by molar-refractivity contribution is 4.99. The van der Waals surface area contributed by atoms with Gasteiger partial charge in [0.05, 0.1) is 6.20 Å². The fourth-order valence-corrected chi connectivity index (χ4v) is 0.318. The largest absolute Gasteiger partial charge is 0.453 e. The van der Waals surface area contributed by atoms with E-state index >= 15 is 0 Å². The number of alkyl halides is 3. The molecule has 0 bridgehead atoms. The van der Waals surface area contributed by atoms with Gasteiger partial charge in [0.15, 0.2) is 0 Å². The van der Waals surface area contributed by atoms with E-state index in [0.717, 1.165) is 0 Å². The molecule has 1 rings (SSSR count). The van der Waals surface area contributed by atoms with Gasteiger partial charge in [0.2, 0.25) is 5.76 Å². The molecule has 0 saturated carbocycles. The first-order chi connectivity index (χ1) is 4.11. The number of nitrogens with one attached hydrogen (secondary N) is 1. The van der Waals surface area contributed by atoms with Crippen LogP contribution in [-0.4, -0.2) is 6.18 Å². The summed E-state index contributed by atoms with van der Waals surface area (Å²) >= 11 is 0. The molecular formula is C3H2F3N2O. The quantitative estimate of drug-likeness (QED) is 0.528. The zero-order chi connectivity index (χ0) is 6.91. The van der Waals surface area contributed by atoms with Crippen LogP contribution in [0, 0.1) is 0 Å². The molecule has 0 fully saturated rings. The lowest BCUT2D eigenvalue weighted by atomic mass is 10.5. The van der Waals surface area contributed by atoms with E-state index in [1.807, 2.05) is 0 Å². The van der Waals surface area contributed by atoms with Crippen LogP contribution in [0.4, 0.5) is 13.2 Å². The molecule has 0 amide bonds. The molecule has 1 radical (unpaired) electrons. The van der Waals surface area contributed by atoms with E-state index in [-0.39, 0.29) is 0 Å². The van der Waals surface area contributed by atoms with E-state index in [4.69, 9.17) is 0 Å². The number of halogens is 3. The van der Waals surface area contributed by atoms with Crippen molar-refractivity contribution in [3.8, 4) is 0 Å². The maximum atomic E-state index is 11.5. The van der Waals surface area contributed by atoms with Gasteiger partial charge in [-0.2, -0.15) is 18.6 Å². The molecule has 0 saturated heterocycles. The fraction of sp³-hybridized carbons (Fsp3) is 0.333. The summed E-state index contributed by atoms with van der Waals surface area (Å²) in [5, 5.41) is 0. The Kier molecular flexibility index (Phi) is 1.24. The Labute approximate surface area is 48.4 Å². The SMILES string of the molecule is FC(F)(F)C1=C[N]NO1. The van der Waals surface area contributed by atoms with Crippen LogP contribution < -0.4 is 11.0 Å². The van der Waals surface area contributed by atoms with Gasteiger partial charge in [-0.3, -0.25) is 0 Å². The Morgan fingerprint density at radius 1 is 1.56 bits per heavy atom. The van der Waals surface area contributed by atoms with E-state index in [9.17, 15) is 13.2 Å². The minimum absolute atomic E-state index is 0.569. The molecular weight excluding hydrogens is 137 g/mol. The summed E-state index contributed by atoms with van der Waals surface area (Å²) in [7, 11) is 0. The standard InChI is InChI=1S/C3H2F3N2O/c4-3(5,6)2-1-7-8-9-2/h1,8H. The third kappa shape index (κ3) is 1.26. The van der Waals surface area contributed by atoms with Crippen LogP contribution in [0.2, 0.25) is 0 Å². The second-order valence-corrected chi connectivity index (χ2v) is 1.31. The fourth-order valence-electron chi connectivity index (χ4n) is 0.318. The van der Waals surface area contributed by atoms with Crippen molar-refractivity contribution in [2.75, 3.05) is 0 Å². The molecule has 0 aliphatic carbocycles. The van der Waals surface area contributed by atoms with Crippen molar-refractivity contribution in [1.29, 1.82) is 0 Å². The lowest BCUT2D eigenvalue weighted by Gasteiger charge is -2.03. The van der Waals surface area contributed by atoms with Gasteiger partial charge in [-0.15, -0.1) is 0 Å². The van der Waals surface area contributed by atoms with Gasteiger partial charge in [-0.25, -0.2) is 0 Å². The molecule has 0 atom stereocenters. The van der Waals surface area contributed by atoms with Gasteiger partial charge < -0.3 is 4.84 Å². The van der Waals surface area contributed by atoms with E-state index in [1.54, 1.807) is 5.59 Å². The number of allylic oxidation sites excluding steroid dienone is 1. The summed E-state index contributed by atoms with van der Waals surface area (Å²) in [5.41, 5.74) is 4.67. The van der Waals surface area contributed by atoms with Crippen molar-refractivity contribution in [2.45, 2.75) is 6.18 Å². The van der Waals surface area contributed by atoms with Crippen molar-refractivity contribution in [3.63, 3.8) is 0 Å². The minimum Gasteiger partial charge on any atom is -0.380 e. The summed E-state index contributed by atoms with van der Waals surface area (Å²) in [5.74, 6) is -1.12. The Balaban J connectivity index is 2.61. The Morgan fingerprint density at radius 3 is 2.44 bits per heavy atom. The zero-order valence-electron chi connectivity index (χ0n) is 4.07. The van der Waals surface area contributed by atoms with Crippen LogP contribution in [0.1, 0.15) is 0 Å². The molecule has 0 aromatic carbocycles. The molecule has 6 heteroatoms. The maximum Gasteiger partial charge on any atom is 0.453 e. The zero-order valence-corrected chi connectivity index (χ0v) is 4.07. The van der Waals surface area contributed by atoms with Crippen LogP contribution in [0.5, 0.6) is 0 Å². The number of hydrogen-bond acceptors (Lipinski definition) is 2. The van der Waals surface area contributed by atoms with Crippen LogP contribution in [0.15, 0.2) is 12.0 Å². The second kappa shape index (κ2) is 1.80. The van der Waals surface area contributed by atoms with Gasteiger partial charge >= 0.3 is 6.18 Å². The monoisotopic (exact) mass is 139 g/mol. The predicted octanol–water partition coefficient (Wildman–Crippen LogP) is 0.444. The number of rotatable bonds is 0. The summed E-state index contributed by atoms with van der Waals surface area (Å²) in [6.45, 7) is 0. The molecule has 1 heterocycles.